The summed E-state index contributed by atoms with van der Waals surface area (Å²) < 4.78 is 17.1. The Labute approximate surface area is 109 Å². The van der Waals surface area contributed by atoms with Gasteiger partial charge in [-0.05, 0) is 24.1 Å². The third-order valence-corrected chi connectivity index (χ3v) is 3.64. The maximum Gasteiger partial charge on any atom is 0.307 e. The van der Waals surface area contributed by atoms with E-state index in [-0.39, 0.29) is 6.42 Å². The van der Waals surface area contributed by atoms with Crippen molar-refractivity contribution in [2.24, 2.45) is 0 Å². The van der Waals surface area contributed by atoms with E-state index < -0.39 is 16.8 Å². The molecule has 0 fully saturated rings. The Morgan fingerprint density at radius 2 is 1.94 bits per heavy atom. The highest BCUT2D eigenvalue weighted by atomic mass is 32.2. The molecule has 0 aliphatic carbocycles. The molecule has 100 valence electrons. The monoisotopic (exact) mass is 270 g/mol. The molecule has 1 unspecified atom stereocenters. The summed E-state index contributed by atoms with van der Waals surface area (Å²) in [6, 6.07) is 6.84. The summed E-state index contributed by atoms with van der Waals surface area (Å²) in [5.74, 6) is -0.394. The van der Waals surface area contributed by atoms with Gasteiger partial charge in [-0.3, -0.25) is 9.00 Å². The van der Waals surface area contributed by atoms with E-state index in [4.69, 9.17) is 9.84 Å². The quantitative estimate of drug-likeness (QED) is 0.732. The van der Waals surface area contributed by atoms with Gasteiger partial charge in [0, 0.05) is 11.5 Å². The molecule has 4 nitrogen and oxygen atoms in total. The normalized spacial score (nSPS) is 12.3. The van der Waals surface area contributed by atoms with Gasteiger partial charge in [0.15, 0.2) is 0 Å². The topological polar surface area (TPSA) is 63.6 Å². The second-order valence-corrected chi connectivity index (χ2v) is 5.45. The summed E-state index contributed by atoms with van der Waals surface area (Å²) in [6.07, 6.45) is 0.947. The van der Waals surface area contributed by atoms with Crippen LogP contribution in [0.1, 0.15) is 18.9 Å². The van der Waals surface area contributed by atoms with Crippen LogP contribution in [0.3, 0.4) is 0 Å². The molecule has 5 heteroatoms. The van der Waals surface area contributed by atoms with Crippen molar-refractivity contribution < 1.29 is 18.8 Å². The van der Waals surface area contributed by atoms with Crippen molar-refractivity contribution in [2.75, 3.05) is 19.0 Å². The van der Waals surface area contributed by atoms with E-state index in [9.17, 15) is 9.00 Å². The number of carbonyl (C=O) groups is 1. The van der Waals surface area contributed by atoms with Crippen LogP contribution in [-0.2, 0) is 26.8 Å². The summed E-state index contributed by atoms with van der Waals surface area (Å²) in [6.45, 7) is 3.20. The molecule has 0 heterocycles. The first-order valence-corrected chi connectivity index (χ1v) is 7.22. The highest BCUT2D eigenvalue weighted by molar-refractivity contribution is 7.85. The number of hydrogen-bond acceptors (Lipinski definition) is 3. The maximum absolute atomic E-state index is 11.9. The zero-order chi connectivity index (χ0) is 13.4. The van der Waals surface area contributed by atoms with E-state index >= 15 is 0 Å². The Bertz CT molecular complexity index is 400. The SMILES string of the molecule is CCCOCCS(=O)c1ccc(CC(=O)O)cc1. The Kier molecular flexibility index (Phi) is 6.60. The summed E-state index contributed by atoms with van der Waals surface area (Å²) in [7, 11) is -1.08. The van der Waals surface area contributed by atoms with Crippen molar-refractivity contribution in [3.05, 3.63) is 29.8 Å². The average Bonchev–Trinajstić information content (AvgIpc) is 2.34. The molecule has 0 saturated heterocycles. The predicted octanol–water partition coefficient (Wildman–Crippen LogP) is 1.85. The molecule has 1 atom stereocenters. The van der Waals surface area contributed by atoms with Gasteiger partial charge in [-0.25, -0.2) is 0 Å². The molecule has 0 aliphatic rings. The third-order valence-electron chi connectivity index (χ3n) is 2.30. The van der Waals surface area contributed by atoms with Crippen molar-refractivity contribution >= 4 is 16.8 Å². The predicted molar refractivity (Wildman–Crippen MR) is 70.2 cm³/mol. The molecule has 0 aliphatic heterocycles. The molecule has 18 heavy (non-hydrogen) atoms. The molecule has 0 bridgehead atoms. The molecule has 1 rings (SSSR count). The number of carboxylic acid groups (broad SMARTS) is 1. The molecule has 1 aromatic carbocycles. The van der Waals surface area contributed by atoms with Crippen molar-refractivity contribution in [3.63, 3.8) is 0 Å². The van der Waals surface area contributed by atoms with Crippen LogP contribution in [0.5, 0.6) is 0 Å². The summed E-state index contributed by atoms with van der Waals surface area (Å²) in [5.41, 5.74) is 0.713. The van der Waals surface area contributed by atoms with Crippen LogP contribution in [0.2, 0.25) is 0 Å². The van der Waals surface area contributed by atoms with E-state index in [1.54, 1.807) is 24.3 Å². The number of ether oxygens (including phenoxy) is 1. The summed E-state index contributed by atoms with van der Waals surface area (Å²) >= 11 is 0. The zero-order valence-corrected chi connectivity index (χ0v) is 11.2. The van der Waals surface area contributed by atoms with Crippen LogP contribution < -0.4 is 0 Å². The molecular weight excluding hydrogens is 252 g/mol. The van der Waals surface area contributed by atoms with Crippen molar-refractivity contribution in [3.8, 4) is 0 Å². The van der Waals surface area contributed by atoms with Crippen molar-refractivity contribution in [2.45, 2.75) is 24.7 Å². The molecule has 0 radical (unpaired) electrons. The second kappa shape index (κ2) is 8.00. The fourth-order valence-corrected chi connectivity index (χ4v) is 2.38. The van der Waals surface area contributed by atoms with E-state index in [1.165, 1.54) is 0 Å². The number of carboxylic acids is 1. The fourth-order valence-electron chi connectivity index (χ4n) is 1.43. The molecule has 0 saturated carbocycles. The number of rotatable bonds is 8. The lowest BCUT2D eigenvalue weighted by molar-refractivity contribution is -0.136. The Balaban J connectivity index is 2.46. The van der Waals surface area contributed by atoms with Gasteiger partial charge in [0.1, 0.15) is 0 Å². The van der Waals surface area contributed by atoms with E-state index in [1.807, 2.05) is 6.92 Å². The standard InChI is InChI=1S/C13H18O4S/c1-2-7-17-8-9-18(16)12-5-3-11(4-6-12)10-13(14)15/h3-6H,2,7-10H2,1H3,(H,14,15). The molecule has 0 spiro atoms. The smallest absolute Gasteiger partial charge is 0.307 e. The summed E-state index contributed by atoms with van der Waals surface area (Å²) in [4.78, 5) is 11.2. The maximum atomic E-state index is 11.9. The van der Waals surface area contributed by atoms with Gasteiger partial charge < -0.3 is 9.84 Å². The highest BCUT2D eigenvalue weighted by Crippen LogP contribution is 2.09. The number of benzene rings is 1. The molecule has 0 aromatic heterocycles. The first-order chi connectivity index (χ1) is 8.63. The fraction of sp³-hybridized carbons (Fsp3) is 0.462. The minimum Gasteiger partial charge on any atom is -0.481 e. The van der Waals surface area contributed by atoms with E-state index in [0.717, 1.165) is 6.42 Å². The van der Waals surface area contributed by atoms with Gasteiger partial charge in [-0.15, -0.1) is 0 Å². The van der Waals surface area contributed by atoms with Gasteiger partial charge >= 0.3 is 5.97 Å². The van der Waals surface area contributed by atoms with E-state index in [0.29, 0.717) is 29.4 Å². The van der Waals surface area contributed by atoms with Gasteiger partial charge in [0.05, 0.1) is 29.6 Å². The van der Waals surface area contributed by atoms with Crippen molar-refractivity contribution in [1.82, 2.24) is 0 Å². The van der Waals surface area contributed by atoms with Crippen LogP contribution in [0.4, 0.5) is 0 Å². The Morgan fingerprint density at radius 3 is 2.50 bits per heavy atom. The number of hydrogen-bond donors (Lipinski definition) is 1. The van der Waals surface area contributed by atoms with Crippen molar-refractivity contribution in [1.29, 1.82) is 0 Å². The van der Waals surface area contributed by atoms with Gasteiger partial charge in [0.2, 0.25) is 0 Å². The molecule has 1 aromatic rings. The van der Waals surface area contributed by atoms with Gasteiger partial charge in [-0.1, -0.05) is 19.1 Å². The van der Waals surface area contributed by atoms with Gasteiger partial charge in [-0.2, -0.15) is 0 Å². The van der Waals surface area contributed by atoms with Gasteiger partial charge in [0.25, 0.3) is 0 Å². The average molecular weight is 270 g/mol. The first kappa shape index (κ1) is 14.9. The van der Waals surface area contributed by atoms with Crippen LogP contribution >= 0.6 is 0 Å². The lowest BCUT2D eigenvalue weighted by atomic mass is 10.2. The molecular formula is C13H18O4S. The van der Waals surface area contributed by atoms with Crippen LogP contribution in [0, 0.1) is 0 Å². The third kappa shape index (κ3) is 5.42. The minimum atomic E-state index is -1.08. The number of aliphatic carboxylic acids is 1. The molecule has 1 N–H and O–H groups in total. The zero-order valence-electron chi connectivity index (χ0n) is 10.4. The summed E-state index contributed by atoms with van der Waals surface area (Å²) in [5, 5.41) is 8.64. The van der Waals surface area contributed by atoms with Crippen LogP contribution in [-0.4, -0.2) is 34.3 Å². The van der Waals surface area contributed by atoms with E-state index in [2.05, 4.69) is 0 Å². The second-order valence-electron chi connectivity index (χ2n) is 3.88. The van der Waals surface area contributed by atoms with Crippen LogP contribution in [0.25, 0.3) is 0 Å². The first-order valence-electron chi connectivity index (χ1n) is 5.90. The van der Waals surface area contributed by atoms with Crippen LogP contribution in [0.15, 0.2) is 29.2 Å². The lowest BCUT2D eigenvalue weighted by Gasteiger charge is -2.04. The minimum absolute atomic E-state index is 0.00741. The molecule has 0 amide bonds. The lowest BCUT2D eigenvalue weighted by Crippen LogP contribution is -2.07. The largest absolute Gasteiger partial charge is 0.481 e. The Morgan fingerprint density at radius 1 is 1.28 bits per heavy atom. The Hall–Kier alpha value is -1.20. The highest BCUT2D eigenvalue weighted by Gasteiger charge is 2.05.